The van der Waals surface area contributed by atoms with Crippen LogP contribution in [0.3, 0.4) is 0 Å². The number of hydrogen-bond acceptors (Lipinski definition) is 5. The maximum Gasteiger partial charge on any atom is 0.105 e. The second-order valence-electron chi connectivity index (χ2n) is 3.39. The van der Waals surface area contributed by atoms with Gasteiger partial charge in [0, 0.05) is 12.6 Å². The molecule has 0 amide bonds. The van der Waals surface area contributed by atoms with E-state index in [2.05, 4.69) is 9.79 Å². The molecule has 1 saturated heterocycles. The molecule has 2 unspecified atom stereocenters. The first-order chi connectivity index (χ1) is 6.24. The number of nitrogens with zero attached hydrogens (tertiary/aromatic N) is 1. The molecule has 2 atom stereocenters. The van der Waals surface area contributed by atoms with Crippen LogP contribution in [-0.2, 0) is 9.62 Å². The Morgan fingerprint density at radius 3 is 2.77 bits per heavy atom. The highest BCUT2D eigenvalue weighted by atomic mass is 17.1. The van der Waals surface area contributed by atoms with Crippen LogP contribution in [-0.4, -0.2) is 60.8 Å². The zero-order chi connectivity index (χ0) is 9.68. The summed E-state index contributed by atoms with van der Waals surface area (Å²) in [5, 5.41) is 17.3. The Labute approximate surface area is 77.8 Å². The van der Waals surface area contributed by atoms with E-state index in [4.69, 9.17) is 9.99 Å². The third-order valence-corrected chi connectivity index (χ3v) is 2.30. The number of hydrogen-bond donors (Lipinski definition) is 2. The minimum absolute atomic E-state index is 0.193. The van der Waals surface area contributed by atoms with Gasteiger partial charge in [0.25, 0.3) is 0 Å². The fourth-order valence-corrected chi connectivity index (χ4v) is 1.56. The van der Waals surface area contributed by atoms with Gasteiger partial charge in [0.1, 0.15) is 6.61 Å². The lowest BCUT2D eigenvalue weighted by Gasteiger charge is -2.18. The molecule has 0 aromatic carbocycles. The summed E-state index contributed by atoms with van der Waals surface area (Å²) in [5.41, 5.74) is 0. The first-order valence-corrected chi connectivity index (χ1v) is 4.46. The van der Waals surface area contributed by atoms with Crippen molar-refractivity contribution in [2.24, 2.45) is 0 Å². The van der Waals surface area contributed by atoms with E-state index in [0.29, 0.717) is 19.8 Å². The highest BCUT2D eigenvalue weighted by Gasteiger charge is 2.27. The van der Waals surface area contributed by atoms with Gasteiger partial charge in [0.15, 0.2) is 0 Å². The molecule has 78 valence electrons. The zero-order valence-electron chi connectivity index (χ0n) is 7.85. The molecule has 0 aromatic rings. The lowest BCUT2D eigenvalue weighted by atomic mass is 10.2. The average molecular weight is 191 g/mol. The molecule has 5 heteroatoms. The molecule has 0 saturated carbocycles. The number of aliphatic hydroxyl groups excluding tert-OH is 1. The maximum atomic E-state index is 9.31. The highest BCUT2D eigenvalue weighted by Crippen LogP contribution is 2.15. The van der Waals surface area contributed by atoms with Crippen LogP contribution in [0.4, 0.5) is 0 Å². The van der Waals surface area contributed by atoms with Crippen LogP contribution in [0.25, 0.3) is 0 Å². The van der Waals surface area contributed by atoms with E-state index in [0.717, 1.165) is 6.42 Å². The van der Waals surface area contributed by atoms with Crippen LogP contribution in [0.2, 0.25) is 0 Å². The summed E-state index contributed by atoms with van der Waals surface area (Å²) in [6.07, 6.45) is 0.531. The van der Waals surface area contributed by atoms with Crippen LogP contribution in [0.15, 0.2) is 0 Å². The molecule has 1 fully saturated rings. The summed E-state index contributed by atoms with van der Waals surface area (Å²) in [6, 6.07) is 0.286. The van der Waals surface area contributed by atoms with Crippen molar-refractivity contribution >= 4 is 0 Å². The summed E-state index contributed by atoms with van der Waals surface area (Å²) in [6.45, 7) is 1.87. The number of likely N-dealkylation sites (N-methyl/N-ethyl adjacent to an activating group) is 1. The molecule has 1 aliphatic rings. The Hall–Kier alpha value is -0.200. The fourth-order valence-electron chi connectivity index (χ4n) is 1.56. The van der Waals surface area contributed by atoms with Crippen molar-refractivity contribution in [2.45, 2.75) is 18.6 Å². The molecule has 0 bridgehead atoms. The van der Waals surface area contributed by atoms with Gasteiger partial charge in [-0.1, -0.05) is 0 Å². The minimum Gasteiger partial charge on any atom is -0.392 e. The van der Waals surface area contributed by atoms with Gasteiger partial charge in [-0.25, -0.2) is 4.89 Å². The van der Waals surface area contributed by atoms with Gasteiger partial charge < -0.3 is 9.84 Å². The van der Waals surface area contributed by atoms with E-state index in [1.54, 1.807) is 0 Å². The van der Waals surface area contributed by atoms with Gasteiger partial charge in [-0.3, -0.25) is 10.2 Å². The van der Waals surface area contributed by atoms with Crippen molar-refractivity contribution in [3.05, 3.63) is 0 Å². The molecule has 13 heavy (non-hydrogen) atoms. The third-order valence-electron chi connectivity index (χ3n) is 2.30. The van der Waals surface area contributed by atoms with E-state index in [-0.39, 0.29) is 18.8 Å². The summed E-state index contributed by atoms with van der Waals surface area (Å²) < 4.78 is 5.24. The first-order valence-electron chi connectivity index (χ1n) is 4.46. The molecular formula is C8H17NO4. The van der Waals surface area contributed by atoms with Crippen molar-refractivity contribution in [3.63, 3.8) is 0 Å². The lowest BCUT2D eigenvalue weighted by molar-refractivity contribution is -0.249. The molecule has 1 aliphatic heterocycles. The Morgan fingerprint density at radius 2 is 2.23 bits per heavy atom. The maximum absolute atomic E-state index is 9.31. The summed E-state index contributed by atoms with van der Waals surface area (Å²) in [5.74, 6) is 0. The minimum atomic E-state index is -0.229. The quantitative estimate of drug-likeness (QED) is 0.350. The average Bonchev–Trinajstić information content (AvgIpc) is 2.39. The van der Waals surface area contributed by atoms with Crippen LogP contribution < -0.4 is 0 Å². The SMILES string of the molecule is CN1CC(O)CC1COCCOO. The van der Waals surface area contributed by atoms with Crippen molar-refractivity contribution in [1.29, 1.82) is 0 Å². The van der Waals surface area contributed by atoms with Gasteiger partial charge in [0.2, 0.25) is 0 Å². The fraction of sp³-hybridized carbons (Fsp3) is 1.00. The van der Waals surface area contributed by atoms with E-state index in [1.807, 2.05) is 7.05 Å². The van der Waals surface area contributed by atoms with Crippen molar-refractivity contribution in [3.8, 4) is 0 Å². The summed E-state index contributed by atoms with van der Waals surface area (Å²) in [7, 11) is 1.97. The molecule has 0 radical (unpaired) electrons. The number of β-amino-alcohol motifs (C(OH)–C–C–N with tert-alkyl or cyclic N) is 1. The van der Waals surface area contributed by atoms with Gasteiger partial charge in [0.05, 0.1) is 19.3 Å². The summed E-state index contributed by atoms with van der Waals surface area (Å²) >= 11 is 0. The molecule has 2 N–H and O–H groups in total. The van der Waals surface area contributed by atoms with Crippen molar-refractivity contribution in [2.75, 3.05) is 33.4 Å². The number of rotatable bonds is 5. The molecule has 5 nitrogen and oxygen atoms in total. The van der Waals surface area contributed by atoms with Crippen molar-refractivity contribution < 1.29 is 20.0 Å². The smallest absolute Gasteiger partial charge is 0.105 e. The van der Waals surface area contributed by atoms with Gasteiger partial charge in [-0.05, 0) is 13.5 Å². The Balaban J connectivity index is 2.07. The predicted molar refractivity (Wildman–Crippen MR) is 46.4 cm³/mol. The Kier molecular flexibility index (Phi) is 4.61. The number of likely N-dealkylation sites (tertiary alicyclic amines) is 1. The molecular weight excluding hydrogens is 174 g/mol. The van der Waals surface area contributed by atoms with Crippen LogP contribution >= 0.6 is 0 Å². The van der Waals surface area contributed by atoms with E-state index >= 15 is 0 Å². The van der Waals surface area contributed by atoms with Crippen LogP contribution in [0.1, 0.15) is 6.42 Å². The molecule has 0 aromatic heterocycles. The first kappa shape index (κ1) is 10.9. The third kappa shape index (κ3) is 3.58. The predicted octanol–water partition coefficient (Wildman–Crippen LogP) is -0.442. The van der Waals surface area contributed by atoms with Gasteiger partial charge in [-0.2, -0.15) is 0 Å². The van der Waals surface area contributed by atoms with Crippen LogP contribution in [0.5, 0.6) is 0 Å². The Bertz CT molecular complexity index is 144. The monoisotopic (exact) mass is 191 g/mol. The standard InChI is InChI=1S/C8H17NO4/c1-9-5-8(10)4-7(9)6-12-2-3-13-11/h7-8,10-11H,2-6H2,1H3. The summed E-state index contributed by atoms with van der Waals surface area (Å²) in [4.78, 5) is 5.94. The van der Waals surface area contributed by atoms with Gasteiger partial charge in [-0.15, -0.1) is 0 Å². The highest BCUT2D eigenvalue weighted by molar-refractivity contribution is 4.82. The largest absolute Gasteiger partial charge is 0.392 e. The van der Waals surface area contributed by atoms with Crippen LogP contribution in [0, 0.1) is 0 Å². The second-order valence-corrected chi connectivity index (χ2v) is 3.39. The van der Waals surface area contributed by atoms with Crippen molar-refractivity contribution in [1.82, 2.24) is 4.90 Å². The zero-order valence-corrected chi connectivity index (χ0v) is 7.85. The molecule has 1 rings (SSSR count). The van der Waals surface area contributed by atoms with E-state index in [1.165, 1.54) is 0 Å². The molecule has 0 spiro atoms. The van der Waals surface area contributed by atoms with Gasteiger partial charge >= 0.3 is 0 Å². The number of ether oxygens (including phenoxy) is 1. The Morgan fingerprint density at radius 1 is 1.46 bits per heavy atom. The molecule has 0 aliphatic carbocycles. The molecule has 1 heterocycles. The topological polar surface area (TPSA) is 62.2 Å². The lowest BCUT2D eigenvalue weighted by Crippen LogP contribution is -2.29. The van der Waals surface area contributed by atoms with E-state index in [9.17, 15) is 5.11 Å². The second kappa shape index (κ2) is 5.51. The normalized spacial score (nSPS) is 29.8. The van der Waals surface area contributed by atoms with E-state index < -0.39 is 0 Å². The number of aliphatic hydroxyl groups is 1.